The van der Waals surface area contributed by atoms with Crippen LogP contribution >= 0.6 is 12.4 Å². The zero-order valence-electron chi connectivity index (χ0n) is 13.3. The SMILES string of the molecule is COc1cc(S(=O)(=O)N(C)C)ccc1-c1nc2ncccc2[nH]1.Cl. The maximum Gasteiger partial charge on any atom is 0.242 e. The van der Waals surface area contributed by atoms with Crippen LogP contribution in [0.15, 0.2) is 41.4 Å². The van der Waals surface area contributed by atoms with Crippen LogP contribution in [0.25, 0.3) is 22.6 Å². The zero-order valence-corrected chi connectivity index (χ0v) is 15.0. The van der Waals surface area contributed by atoms with Crippen molar-refractivity contribution in [2.45, 2.75) is 4.90 Å². The van der Waals surface area contributed by atoms with E-state index in [9.17, 15) is 8.42 Å². The fourth-order valence-corrected chi connectivity index (χ4v) is 3.13. The van der Waals surface area contributed by atoms with Crippen molar-refractivity contribution in [3.63, 3.8) is 0 Å². The molecule has 0 aliphatic rings. The number of aromatic amines is 1. The second kappa shape index (κ2) is 6.76. The smallest absolute Gasteiger partial charge is 0.242 e. The largest absolute Gasteiger partial charge is 0.496 e. The number of rotatable bonds is 4. The van der Waals surface area contributed by atoms with E-state index >= 15 is 0 Å². The molecule has 24 heavy (non-hydrogen) atoms. The van der Waals surface area contributed by atoms with E-state index in [1.54, 1.807) is 12.3 Å². The quantitative estimate of drug-likeness (QED) is 0.763. The highest BCUT2D eigenvalue weighted by Gasteiger charge is 2.20. The van der Waals surface area contributed by atoms with Gasteiger partial charge in [0.25, 0.3) is 0 Å². The predicted molar refractivity (Wildman–Crippen MR) is 94.0 cm³/mol. The van der Waals surface area contributed by atoms with Crippen molar-refractivity contribution >= 4 is 33.6 Å². The van der Waals surface area contributed by atoms with Gasteiger partial charge in [0.2, 0.25) is 10.0 Å². The fourth-order valence-electron chi connectivity index (χ4n) is 2.21. The number of aromatic nitrogens is 3. The Hall–Kier alpha value is -2.16. The van der Waals surface area contributed by atoms with E-state index in [4.69, 9.17) is 4.74 Å². The Kier molecular flexibility index (Phi) is 5.12. The van der Waals surface area contributed by atoms with Gasteiger partial charge >= 0.3 is 0 Å². The summed E-state index contributed by atoms with van der Waals surface area (Å²) in [6, 6.07) is 8.39. The van der Waals surface area contributed by atoms with Gasteiger partial charge < -0.3 is 9.72 Å². The van der Waals surface area contributed by atoms with Crippen molar-refractivity contribution in [1.82, 2.24) is 19.3 Å². The van der Waals surface area contributed by atoms with Gasteiger partial charge in [-0.1, -0.05) is 0 Å². The van der Waals surface area contributed by atoms with E-state index in [2.05, 4.69) is 15.0 Å². The number of fused-ring (bicyclic) bond motifs is 1. The second-order valence-corrected chi connectivity index (χ2v) is 7.26. The fraction of sp³-hybridized carbons (Fsp3) is 0.200. The number of hydrogen-bond donors (Lipinski definition) is 1. The molecule has 9 heteroatoms. The summed E-state index contributed by atoms with van der Waals surface area (Å²) in [7, 11) is 0.943. The molecule has 0 radical (unpaired) electrons. The van der Waals surface area contributed by atoms with E-state index in [-0.39, 0.29) is 17.3 Å². The molecule has 7 nitrogen and oxygen atoms in total. The molecule has 1 N–H and O–H groups in total. The maximum absolute atomic E-state index is 12.2. The lowest BCUT2D eigenvalue weighted by molar-refractivity contribution is 0.414. The van der Waals surface area contributed by atoms with E-state index in [0.29, 0.717) is 22.8 Å². The van der Waals surface area contributed by atoms with Crippen LogP contribution in [0.4, 0.5) is 0 Å². The summed E-state index contributed by atoms with van der Waals surface area (Å²) in [5, 5.41) is 0. The first kappa shape index (κ1) is 18.2. The van der Waals surface area contributed by atoms with Crippen LogP contribution in [0.2, 0.25) is 0 Å². The van der Waals surface area contributed by atoms with Crippen LogP contribution in [-0.4, -0.2) is 48.9 Å². The Morgan fingerprint density at radius 3 is 2.58 bits per heavy atom. The molecule has 3 rings (SSSR count). The van der Waals surface area contributed by atoms with Crippen molar-refractivity contribution in [2.75, 3.05) is 21.2 Å². The standard InChI is InChI=1S/C15H16N4O3S.ClH/c1-19(2)23(20,21)10-6-7-11(13(9-10)22-3)14-17-12-5-4-8-16-15(12)18-14;/h4-9H,1-3H3,(H,16,17,18);1H. The van der Waals surface area contributed by atoms with Crippen LogP contribution in [0.1, 0.15) is 0 Å². The van der Waals surface area contributed by atoms with Crippen LogP contribution < -0.4 is 4.74 Å². The number of hydrogen-bond acceptors (Lipinski definition) is 5. The number of sulfonamides is 1. The molecular weight excluding hydrogens is 352 g/mol. The lowest BCUT2D eigenvalue weighted by atomic mass is 10.2. The minimum atomic E-state index is -3.52. The molecule has 0 atom stereocenters. The molecule has 0 bridgehead atoms. The van der Waals surface area contributed by atoms with Gasteiger partial charge in [0, 0.05) is 26.4 Å². The lowest BCUT2D eigenvalue weighted by Crippen LogP contribution is -2.22. The Morgan fingerprint density at radius 2 is 1.96 bits per heavy atom. The monoisotopic (exact) mass is 368 g/mol. The first-order valence-corrected chi connectivity index (χ1v) is 8.29. The van der Waals surface area contributed by atoms with Crippen LogP contribution in [-0.2, 0) is 10.0 Å². The van der Waals surface area contributed by atoms with Crippen molar-refractivity contribution in [2.24, 2.45) is 0 Å². The first-order chi connectivity index (χ1) is 10.9. The zero-order chi connectivity index (χ0) is 16.6. The number of H-pyrrole nitrogens is 1. The number of halogens is 1. The number of ether oxygens (including phenoxy) is 1. The second-order valence-electron chi connectivity index (χ2n) is 5.11. The average Bonchev–Trinajstić information content (AvgIpc) is 2.97. The Morgan fingerprint density at radius 1 is 1.21 bits per heavy atom. The molecule has 1 aromatic carbocycles. The Bertz CT molecular complexity index is 937. The van der Waals surface area contributed by atoms with E-state index in [0.717, 1.165) is 9.82 Å². The Labute approximate surface area is 146 Å². The molecule has 0 saturated heterocycles. The molecule has 2 heterocycles. The van der Waals surface area contributed by atoms with Crippen molar-refractivity contribution in [3.8, 4) is 17.1 Å². The number of nitrogens with zero attached hydrogens (tertiary/aromatic N) is 3. The van der Waals surface area contributed by atoms with Gasteiger partial charge in [0.05, 0.1) is 23.1 Å². The predicted octanol–water partition coefficient (Wildman–Crippen LogP) is 2.31. The molecule has 0 fully saturated rings. The number of methoxy groups -OCH3 is 1. The summed E-state index contributed by atoms with van der Waals surface area (Å²) in [5.74, 6) is 0.997. The molecule has 128 valence electrons. The summed E-state index contributed by atoms with van der Waals surface area (Å²) in [6.45, 7) is 0. The normalized spacial score (nSPS) is 11.5. The maximum atomic E-state index is 12.2. The average molecular weight is 369 g/mol. The number of benzene rings is 1. The number of imidazole rings is 1. The van der Waals surface area contributed by atoms with Gasteiger partial charge in [0.15, 0.2) is 5.65 Å². The van der Waals surface area contributed by atoms with Crippen molar-refractivity contribution in [3.05, 3.63) is 36.5 Å². The van der Waals surface area contributed by atoms with E-state index < -0.39 is 10.0 Å². The summed E-state index contributed by atoms with van der Waals surface area (Å²) in [4.78, 5) is 11.9. The van der Waals surface area contributed by atoms with Gasteiger partial charge in [-0.05, 0) is 24.3 Å². The van der Waals surface area contributed by atoms with Crippen LogP contribution in [0.3, 0.4) is 0 Å². The van der Waals surface area contributed by atoms with Gasteiger partial charge in [-0.2, -0.15) is 0 Å². The molecule has 0 saturated carbocycles. The molecule has 0 aliphatic heterocycles. The number of pyridine rings is 1. The molecule has 2 aromatic heterocycles. The minimum Gasteiger partial charge on any atom is -0.496 e. The van der Waals surface area contributed by atoms with Gasteiger partial charge in [-0.25, -0.2) is 22.7 Å². The third kappa shape index (κ3) is 3.08. The highest BCUT2D eigenvalue weighted by molar-refractivity contribution is 7.89. The third-order valence-corrected chi connectivity index (χ3v) is 5.28. The highest BCUT2D eigenvalue weighted by Crippen LogP contribution is 2.31. The molecule has 0 unspecified atom stereocenters. The van der Waals surface area contributed by atoms with E-state index in [1.807, 2.05) is 12.1 Å². The molecular formula is C15H17ClN4O3S. The van der Waals surface area contributed by atoms with Crippen LogP contribution in [0, 0.1) is 0 Å². The highest BCUT2D eigenvalue weighted by atomic mass is 35.5. The molecule has 0 amide bonds. The van der Waals surface area contributed by atoms with Crippen molar-refractivity contribution < 1.29 is 13.2 Å². The molecule has 0 spiro atoms. The van der Waals surface area contributed by atoms with Crippen molar-refractivity contribution in [1.29, 1.82) is 0 Å². The number of nitrogens with one attached hydrogen (secondary N) is 1. The minimum absolute atomic E-state index is 0. The topological polar surface area (TPSA) is 88.2 Å². The molecule has 3 aromatic rings. The summed E-state index contributed by atoms with van der Waals surface area (Å²) < 4.78 is 31.0. The van der Waals surface area contributed by atoms with Gasteiger partial charge in [0.1, 0.15) is 11.6 Å². The first-order valence-electron chi connectivity index (χ1n) is 6.85. The molecule has 0 aliphatic carbocycles. The lowest BCUT2D eigenvalue weighted by Gasteiger charge is -2.13. The summed E-state index contributed by atoms with van der Waals surface area (Å²) in [6.07, 6.45) is 1.66. The summed E-state index contributed by atoms with van der Waals surface area (Å²) in [5.41, 5.74) is 2.06. The van der Waals surface area contributed by atoms with Gasteiger partial charge in [-0.3, -0.25) is 0 Å². The summed E-state index contributed by atoms with van der Waals surface area (Å²) >= 11 is 0. The van der Waals surface area contributed by atoms with Gasteiger partial charge in [-0.15, -0.1) is 12.4 Å². The van der Waals surface area contributed by atoms with Crippen LogP contribution in [0.5, 0.6) is 5.75 Å². The third-order valence-electron chi connectivity index (χ3n) is 3.46. The Balaban J connectivity index is 0.00000208. The van der Waals surface area contributed by atoms with E-state index in [1.165, 1.54) is 33.3 Å².